The lowest BCUT2D eigenvalue weighted by molar-refractivity contribution is 0.508. The van der Waals surface area contributed by atoms with Crippen LogP contribution in [0.1, 0.15) is 23.8 Å². The molecule has 3 aromatic heterocycles. The second-order valence-corrected chi connectivity index (χ2v) is 8.72. The second kappa shape index (κ2) is 5.77. The lowest BCUT2D eigenvalue weighted by atomic mass is 9.89. The quantitative estimate of drug-likeness (QED) is 0.476. The van der Waals surface area contributed by atoms with E-state index in [9.17, 15) is 4.79 Å². The third kappa shape index (κ3) is 2.24. The van der Waals surface area contributed by atoms with Crippen molar-refractivity contribution in [1.29, 1.82) is 0 Å². The summed E-state index contributed by atoms with van der Waals surface area (Å²) in [7, 11) is 0. The summed E-state index contributed by atoms with van der Waals surface area (Å²) in [6.07, 6.45) is 3.11. The number of nitrogens with one attached hydrogen (secondary N) is 1. The summed E-state index contributed by atoms with van der Waals surface area (Å²) in [5.41, 5.74) is 1.86. The smallest absolute Gasteiger partial charge is 0.268 e. The third-order valence-corrected chi connectivity index (χ3v) is 6.85. The molecule has 0 radical (unpaired) electrons. The van der Waals surface area contributed by atoms with Gasteiger partial charge in [0.2, 0.25) is 10.5 Å². The van der Waals surface area contributed by atoms with Crippen molar-refractivity contribution >= 4 is 51.1 Å². The fourth-order valence-electron chi connectivity index (χ4n) is 3.77. The van der Waals surface area contributed by atoms with Gasteiger partial charge in [-0.05, 0) is 67.2 Å². The number of nitrogens with zero attached hydrogens (tertiary/aromatic N) is 3. The van der Waals surface area contributed by atoms with E-state index in [0.717, 1.165) is 35.2 Å². The van der Waals surface area contributed by atoms with Gasteiger partial charge in [0, 0.05) is 9.90 Å². The van der Waals surface area contributed by atoms with Gasteiger partial charge in [-0.25, -0.2) is 14.1 Å². The van der Waals surface area contributed by atoms with Gasteiger partial charge in [0.25, 0.3) is 5.56 Å². The molecule has 1 aliphatic carbocycles. The van der Waals surface area contributed by atoms with E-state index in [2.05, 4.69) is 17.1 Å². The predicted octanol–water partition coefficient (Wildman–Crippen LogP) is 4.54. The van der Waals surface area contributed by atoms with Crippen LogP contribution in [0.5, 0.6) is 0 Å². The molecule has 0 fully saturated rings. The number of aromatic nitrogens is 4. The molecular weight excluding hydrogens is 388 g/mol. The molecule has 0 saturated carbocycles. The summed E-state index contributed by atoms with van der Waals surface area (Å²) >= 11 is 13.2. The number of benzene rings is 1. The zero-order chi connectivity index (χ0) is 18.0. The van der Waals surface area contributed by atoms with E-state index in [1.165, 1.54) is 10.4 Å². The number of hydrogen-bond acceptors (Lipinski definition) is 4. The van der Waals surface area contributed by atoms with Crippen molar-refractivity contribution < 1.29 is 0 Å². The van der Waals surface area contributed by atoms with Gasteiger partial charge in [-0.3, -0.25) is 4.79 Å². The largest absolute Gasteiger partial charge is 0.268 e. The minimum absolute atomic E-state index is 0.0459. The molecule has 5 rings (SSSR count). The summed E-state index contributed by atoms with van der Waals surface area (Å²) in [4.78, 5) is 15.7. The zero-order valence-corrected chi connectivity index (χ0v) is 16.3. The van der Waals surface area contributed by atoms with E-state index >= 15 is 0 Å². The lowest BCUT2D eigenvalue weighted by Gasteiger charge is -2.17. The first-order chi connectivity index (χ1) is 12.5. The van der Waals surface area contributed by atoms with Crippen LogP contribution in [-0.2, 0) is 12.8 Å². The Morgan fingerprint density at radius 1 is 1.35 bits per heavy atom. The zero-order valence-electron chi connectivity index (χ0n) is 14.0. The number of aryl methyl sites for hydroxylation is 1. The highest BCUT2D eigenvalue weighted by molar-refractivity contribution is 7.71. The average molecular weight is 403 g/mol. The SMILES string of the molecule is C[C@H]1CCc2sc3c(c2C1)c(=O)n(-c1ccc(Cl)cc1)c1n[nH]c(=S)n31. The number of thiophene rings is 1. The van der Waals surface area contributed by atoms with E-state index in [0.29, 0.717) is 21.5 Å². The van der Waals surface area contributed by atoms with Crippen LogP contribution >= 0.6 is 35.2 Å². The molecule has 0 saturated heterocycles. The number of fused-ring (bicyclic) bond motifs is 5. The molecule has 0 amide bonds. The number of aromatic amines is 1. The third-order valence-electron chi connectivity index (χ3n) is 5.05. The number of halogens is 1. The maximum atomic E-state index is 13.5. The van der Waals surface area contributed by atoms with E-state index < -0.39 is 0 Å². The molecule has 1 N–H and O–H groups in total. The van der Waals surface area contributed by atoms with Crippen LogP contribution in [0.3, 0.4) is 0 Å². The minimum atomic E-state index is -0.0459. The lowest BCUT2D eigenvalue weighted by Crippen LogP contribution is -2.22. The topological polar surface area (TPSA) is 55.1 Å². The van der Waals surface area contributed by atoms with Crippen LogP contribution in [0.25, 0.3) is 21.7 Å². The summed E-state index contributed by atoms with van der Waals surface area (Å²) in [6.45, 7) is 2.24. The summed E-state index contributed by atoms with van der Waals surface area (Å²) < 4.78 is 4.00. The Balaban J connectivity index is 1.97. The predicted molar refractivity (Wildman–Crippen MR) is 108 cm³/mol. The van der Waals surface area contributed by atoms with Gasteiger partial charge in [-0.1, -0.05) is 18.5 Å². The molecule has 0 aliphatic heterocycles. The van der Waals surface area contributed by atoms with Crippen LogP contribution in [0.2, 0.25) is 5.02 Å². The fraction of sp³-hybridized carbons (Fsp3) is 0.278. The summed E-state index contributed by atoms with van der Waals surface area (Å²) in [6, 6.07) is 7.20. The maximum absolute atomic E-state index is 13.5. The molecule has 3 heterocycles. The van der Waals surface area contributed by atoms with Gasteiger partial charge < -0.3 is 0 Å². The number of hydrogen-bond donors (Lipinski definition) is 1. The minimum Gasteiger partial charge on any atom is -0.268 e. The summed E-state index contributed by atoms with van der Waals surface area (Å²) in [5.74, 6) is 1.08. The molecular formula is C18H15ClN4OS2. The first-order valence-corrected chi connectivity index (χ1v) is 10.1. The Labute approximate surface area is 162 Å². The molecule has 5 nitrogen and oxygen atoms in total. The standard InChI is InChI=1S/C18H15ClN4OS2/c1-9-2-7-13-12(8-9)14-15(24)22(11-5-3-10(19)4-6-11)17-20-21-18(25)23(17)16(14)26-13/h3-6,9H,2,7-8H2,1H3,(H,21,25)/t9-/m0/s1. The van der Waals surface area contributed by atoms with Gasteiger partial charge in [0.15, 0.2) is 0 Å². The Morgan fingerprint density at radius 3 is 2.88 bits per heavy atom. The maximum Gasteiger partial charge on any atom is 0.268 e. The Morgan fingerprint density at radius 2 is 2.12 bits per heavy atom. The molecule has 26 heavy (non-hydrogen) atoms. The van der Waals surface area contributed by atoms with Crippen molar-refractivity contribution in [2.75, 3.05) is 0 Å². The molecule has 1 aromatic carbocycles. The molecule has 1 atom stereocenters. The van der Waals surface area contributed by atoms with Crippen LogP contribution in [0.4, 0.5) is 0 Å². The highest BCUT2D eigenvalue weighted by atomic mass is 35.5. The van der Waals surface area contributed by atoms with E-state index in [-0.39, 0.29) is 5.56 Å². The van der Waals surface area contributed by atoms with Crippen LogP contribution < -0.4 is 5.56 Å². The Hall–Kier alpha value is -1.96. The molecule has 1 aliphatic rings. The number of rotatable bonds is 1. The van der Waals surface area contributed by atoms with Gasteiger partial charge in [0.1, 0.15) is 4.83 Å². The molecule has 0 unspecified atom stereocenters. The van der Waals surface area contributed by atoms with E-state index in [1.54, 1.807) is 28.0 Å². The van der Waals surface area contributed by atoms with E-state index in [4.69, 9.17) is 23.8 Å². The van der Waals surface area contributed by atoms with Gasteiger partial charge in [0.05, 0.1) is 11.1 Å². The Bertz CT molecular complexity index is 1280. The Kier molecular flexibility index (Phi) is 3.60. The molecule has 4 aromatic rings. The molecule has 8 heteroatoms. The van der Waals surface area contributed by atoms with Gasteiger partial charge >= 0.3 is 0 Å². The van der Waals surface area contributed by atoms with E-state index in [1.807, 2.05) is 16.5 Å². The van der Waals surface area contributed by atoms with Crippen molar-refractivity contribution in [2.45, 2.75) is 26.2 Å². The normalized spacial score (nSPS) is 17.1. The van der Waals surface area contributed by atoms with Crippen LogP contribution in [0.15, 0.2) is 29.1 Å². The first kappa shape index (κ1) is 16.2. The average Bonchev–Trinajstić information content (AvgIpc) is 3.17. The fourth-order valence-corrected chi connectivity index (χ4v) is 5.51. The molecule has 132 valence electrons. The van der Waals surface area contributed by atoms with Crippen molar-refractivity contribution in [1.82, 2.24) is 19.2 Å². The monoisotopic (exact) mass is 402 g/mol. The summed E-state index contributed by atoms with van der Waals surface area (Å²) in [5, 5.41) is 8.57. The highest BCUT2D eigenvalue weighted by Gasteiger charge is 2.26. The second-order valence-electron chi connectivity index (χ2n) is 6.81. The molecule has 0 bridgehead atoms. The van der Waals surface area contributed by atoms with Gasteiger partial charge in [-0.15, -0.1) is 16.4 Å². The van der Waals surface area contributed by atoms with Crippen molar-refractivity contribution in [3.8, 4) is 5.69 Å². The van der Waals surface area contributed by atoms with Crippen molar-refractivity contribution in [3.05, 3.63) is 54.9 Å². The van der Waals surface area contributed by atoms with Gasteiger partial charge in [-0.2, -0.15) is 0 Å². The first-order valence-electron chi connectivity index (χ1n) is 8.47. The van der Waals surface area contributed by atoms with Crippen molar-refractivity contribution in [2.24, 2.45) is 5.92 Å². The molecule has 0 spiro atoms. The van der Waals surface area contributed by atoms with Crippen LogP contribution in [-0.4, -0.2) is 19.2 Å². The number of H-pyrrole nitrogens is 1. The highest BCUT2D eigenvalue weighted by Crippen LogP contribution is 2.37. The van der Waals surface area contributed by atoms with Crippen molar-refractivity contribution in [3.63, 3.8) is 0 Å². The van der Waals surface area contributed by atoms with Crippen LogP contribution in [0, 0.1) is 10.7 Å².